The second-order valence-corrected chi connectivity index (χ2v) is 5.28. The van der Waals surface area contributed by atoms with Gasteiger partial charge < -0.3 is 22.3 Å². The minimum atomic E-state index is -0.734. The van der Waals surface area contributed by atoms with Crippen molar-refractivity contribution in [2.24, 2.45) is 0 Å². The van der Waals surface area contributed by atoms with Gasteiger partial charge in [0.2, 0.25) is 5.69 Å². The maximum atomic E-state index is 10.6. The quantitative estimate of drug-likeness (QED) is 0.556. The van der Waals surface area contributed by atoms with E-state index in [0.717, 1.165) is 30.0 Å². The number of methoxy groups -OCH3 is 1. The number of ether oxygens (including phenoxy) is 1. The summed E-state index contributed by atoms with van der Waals surface area (Å²) in [5, 5.41) is 8.69. The fourth-order valence-corrected chi connectivity index (χ4v) is 2.30. The van der Waals surface area contributed by atoms with Gasteiger partial charge in [-0.25, -0.2) is 0 Å². The van der Waals surface area contributed by atoms with E-state index in [4.69, 9.17) is 9.84 Å². The zero-order valence-electron chi connectivity index (χ0n) is 13.7. The molecule has 0 spiro atoms. The van der Waals surface area contributed by atoms with E-state index in [-0.39, 0.29) is 18.8 Å². The molecule has 1 aromatic heterocycles. The summed E-state index contributed by atoms with van der Waals surface area (Å²) in [6, 6.07) is 13.9. The standard InChI is InChI=1S/C19H21NO3.ClH/c1-23-18-12-9-16(10-13-18)8-11-17-6-2-4-14-20(17)15-5-3-7-19(21)22;/h2,4,6,8-14H,3,5,7,15H2,1H3;1H/b11-8+;. The number of pyridine rings is 1. The van der Waals surface area contributed by atoms with E-state index >= 15 is 0 Å². The average Bonchev–Trinajstić information content (AvgIpc) is 2.58. The van der Waals surface area contributed by atoms with Crippen LogP contribution in [0.1, 0.15) is 30.5 Å². The predicted molar refractivity (Wildman–Crippen MR) is 90.0 cm³/mol. The largest absolute Gasteiger partial charge is 1.00 e. The fraction of sp³-hybridized carbons (Fsp3) is 0.263. The molecule has 0 atom stereocenters. The summed E-state index contributed by atoms with van der Waals surface area (Å²) in [5.74, 6) is 0.109. The lowest BCUT2D eigenvalue weighted by molar-refractivity contribution is -0.699. The van der Waals surface area contributed by atoms with Crippen molar-refractivity contribution in [3.63, 3.8) is 0 Å². The third-order valence-corrected chi connectivity index (χ3v) is 3.58. The Morgan fingerprint density at radius 1 is 1.12 bits per heavy atom. The Morgan fingerprint density at radius 3 is 2.54 bits per heavy atom. The monoisotopic (exact) mass is 347 g/mol. The Labute approximate surface area is 148 Å². The van der Waals surface area contributed by atoms with E-state index in [9.17, 15) is 4.79 Å². The molecule has 5 heteroatoms. The highest BCUT2D eigenvalue weighted by molar-refractivity contribution is 5.67. The highest BCUT2D eigenvalue weighted by atomic mass is 35.5. The van der Waals surface area contributed by atoms with Gasteiger partial charge in [0.1, 0.15) is 12.3 Å². The molecule has 2 rings (SSSR count). The van der Waals surface area contributed by atoms with E-state index in [1.807, 2.05) is 42.6 Å². The number of halogens is 1. The molecule has 1 N–H and O–H groups in total. The van der Waals surface area contributed by atoms with Crippen molar-refractivity contribution in [2.45, 2.75) is 25.8 Å². The molecular formula is C19H22ClNO3. The van der Waals surface area contributed by atoms with Gasteiger partial charge in [0, 0.05) is 31.1 Å². The van der Waals surface area contributed by atoms with E-state index in [1.165, 1.54) is 0 Å². The van der Waals surface area contributed by atoms with Gasteiger partial charge in [0.25, 0.3) is 0 Å². The molecule has 0 saturated heterocycles. The summed E-state index contributed by atoms with van der Waals surface area (Å²) < 4.78 is 7.29. The van der Waals surface area contributed by atoms with Crippen LogP contribution in [0.15, 0.2) is 48.7 Å². The molecule has 1 heterocycles. The molecule has 128 valence electrons. The Bertz CT molecular complexity index is 669. The van der Waals surface area contributed by atoms with Crippen LogP contribution in [0.2, 0.25) is 0 Å². The smallest absolute Gasteiger partial charge is 0.303 e. The molecule has 2 aromatic rings. The lowest BCUT2D eigenvalue weighted by Crippen LogP contribution is -3.00. The first-order valence-electron chi connectivity index (χ1n) is 7.71. The number of rotatable bonds is 8. The number of aliphatic carboxylic acids is 1. The van der Waals surface area contributed by atoms with E-state index in [0.29, 0.717) is 6.42 Å². The number of benzene rings is 1. The fourth-order valence-electron chi connectivity index (χ4n) is 2.30. The Morgan fingerprint density at radius 2 is 1.88 bits per heavy atom. The maximum absolute atomic E-state index is 10.6. The van der Waals surface area contributed by atoms with Crippen LogP contribution in [-0.2, 0) is 11.3 Å². The number of carboxylic acids is 1. The average molecular weight is 348 g/mol. The van der Waals surface area contributed by atoms with Crippen LogP contribution in [0.4, 0.5) is 0 Å². The van der Waals surface area contributed by atoms with Crippen molar-refractivity contribution >= 4 is 18.1 Å². The van der Waals surface area contributed by atoms with Crippen molar-refractivity contribution < 1.29 is 31.6 Å². The van der Waals surface area contributed by atoms with Crippen LogP contribution < -0.4 is 21.7 Å². The number of hydrogen-bond acceptors (Lipinski definition) is 2. The first-order chi connectivity index (χ1) is 11.2. The summed E-state index contributed by atoms with van der Waals surface area (Å²) in [6.07, 6.45) is 7.92. The lowest BCUT2D eigenvalue weighted by Gasteiger charge is -2.01. The lowest BCUT2D eigenvalue weighted by atomic mass is 10.2. The van der Waals surface area contributed by atoms with Crippen molar-refractivity contribution in [2.75, 3.05) is 7.11 Å². The minimum Gasteiger partial charge on any atom is -1.00 e. The molecule has 24 heavy (non-hydrogen) atoms. The zero-order valence-corrected chi connectivity index (χ0v) is 14.4. The van der Waals surface area contributed by atoms with Crippen molar-refractivity contribution in [3.8, 4) is 5.75 Å². The third kappa shape index (κ3) is 6.42. The van der Waals surface area contributed by atoms with Gasteiger partial charge in [-0.15, -0.1) is 0 Å². The normalized spacial score (nSPS) is 10.4. The summed E-state index contributed by atoms with van der Waals surface area (Å²) in [6.45, 7) is 0.816. The molecule has 0 unspecified atom stereocenters. The van der Waals surface area contributed by atoms with Crippen LogP contribution in [0.5, 0.6) is 5.75 Å². The first-order valence-corrected chi connectivity index (χ1v) is 7.71. The van der Waals surface area contributed by atoms with Gasteiger partial charge in [-0.2, -0.15) is 4.57 Å². The first kappa shape index (κ1) is 19.7. The van der Waals surface area contributed by atoms with Crippen LogP contribution in [-0.4, -0.2) is 18.2 Å². The number of aryl methyl sites for hydroxylation is 1. The van der Waals surface area contributed by atoms with Gasteiger partial charge in [-0.1, -0.05) is 12.1 Å². The number of carbonyl (C=O) groups is 1. The minimum absolute atomic E-state index is 0. The molecule has 0 aliphatic carbocycles. The maximum Gasteiger partial charge on any atom is 0.303 e. The van der Waals surface area contributed by atoms with Gasteiger partial charge in [0.05, 0.1) is 7.11 Å². The molecule has 1 aromatic carbocycles. The van der Waals surface area contributed by atoms with Crippen molar-refractivity contribution in [1.29, 1.82) is 0 Å². The number of carboxylic acid groups (broad SMARTS) is 1. The van der Waals surface area contributed by atoms with Gasteiger partial charge >= 0.3 is 5.97 Å². The molecule has 0 fully saturated rings. The topological polar surface area (TPSA) is 50.4 Å². The van der Waals surface area contributed by atoms with Crippen molar-refractivity contribution in [1.82, 2.24) is 0 Å². The molecular weight excluding hydrogens is 326 g/mol. The summed E-state index contributed by atoms with van der Waals surface area (Å²) >= 11 is 0. The Kier molecular flexibility index (Phi) is 8.58. The molecule has 0 bridgehead atoms. The van der Waals surface area contributed by atoms with Crippen LogP contribution >= 0.6 is 0 Å². The molecule has 0 aliphatic heterocycles. The summed E-state index contributed by atoms with van der Waals surface area (Å²) in [5.41, 5.74) is 2.20. The Hall–Kier alpha value is -2.33. The molecule has 0 radical (unpaired) electrons. The zero-order chi connectivity index (χ0) is 16.5. The van der Waals surface area contributed by atoms with Gasteiger partial charge in [-0.3, -0.25) is 4.79 Å². The predicted octanol–water partition coefficient (Wildman–Crippen LogP) is 0.412. The van der Waals surface area contributed by atoms with E-state index in [2.05, 4.69) is 22.8 Å². The van der Waals surface area contributed by atoms with Crippen molar-refractivity contribution in [3.05, 3.63) is 59.9 Å². The van der Waals surface area contributed by atoms with E-state index in [1.54, 1.807) is 7.11 Å². The number of nitrogens with zero attached hydrogens (tertiary/aromatic N) is 1. The van der Waals surface area contributed by atoms with Gasteiger partial charge in [0.15, 0.2) is 6.20 Å². The molecule has 0 amide bonds. The van der Waals surface area contributed by atoms with Crippen LogP contribution in [0.3, 0.4) is 0 Å². The molecule has 0 aliphatic rings. The third-order valence-electron chi connectivity index (χ3n) is 3.58. The van der Waals surface area contributed by atoms with E-state index < -0.39 is 5.97 Å². The second kappa shape index (κ2) is 10.4. The Balaban J connectivity index is 0.00000288. The number of aromatic nitrogens is 1. The highest BCUT2D eigenvalue weighted by Gasteiger charge is 2.06. The number of unbranched alkanes of at least 4 members (excludes halogenated alkanes) is 1. The number of hydrogen-bond donors (Lipinski definition) is 1. The van der Waals surface area contributed by atoms with Crippen LogP contribution in [0.25, 0.3) is 12.2 Å². The summed E-state index contributed by atoms with van der Waals surface area (Å²) in [4.78, 5) is 10.6. The highest BCUT2D eigenvalue weighted by Crippen LogP contribution is 2.13. The SMILES string of the molecule is COc1ccc(/C=C/c2cccc[n+]2CCCCC(=O)O)cc1.[Cl-]. The summed E-state index contributed by atoms with van der Waals surface area (Å²) in [7, 11) is 1.65. The molecule has 0 saturated carbocycles. The van der Waals surface area contributed by atoms with Crippen LogP contribution in [0, 0.1) is 0 Å². The second-order valence-electron chi connectivity index (χ2n) is 5.28. The molecule has 4 nitrogen and oxygen atoms in total. The van der Waals surface area contributed by atoms with Gasteiger partial charge in [-0.05, 0) is 36.3 Å².